The molecule has 0 aromatic heterocycles. The van der Waals surface area contributed by atoms with Crippen LogP contribution in [0.1, 0.15) is 26.7 Å². The Balaban J connectivity index is 2.72. The normalized spacial score (nSPS) is 13.2. The van der Waals surface area contributed by atoms with Crippen LogP contribution in [-0.2, 0) is 0 Å². The lowest BCUT2D eigenvalue weighted by Gasteiger charge is -2.23. The van der Waals surface area contributed by atoms with Gasteiger partial charge in [0, 0.05) is 12.5 Å². The van der Waals surface area contributed by atoms with Crippen molar-refractivity contribution in [1.82, 2.24) is 5.32 Å². The SMILES string of the molecule is CCCNC(C)(C#N)CCOc1c(F)cccc1[N+](=O)[O-]. The summed E-state index contributed by atoms with van der Waals surface area (Å²) in [5.74, 6) is -1.18. The Bertz CT molecular complexity index is 545. The third-order valence-corrected chi connectivity index (χ3v) is 3.00. The summed E-state index contributed by atoms with van der Waals surface area (Å²) in [5, 5.41) is 23.0. The molecule has 6 nitrogen and oxygen atoms in total. The number of nitrogens with zero attached hydrogens (tertiary/aromatic N) is 2. The number of nitro benzene ring substituents is 1. The molecule has 0 spiro atoms. The number of hydrogen-bond acceptors (Lipinski definition) is 5. The molecule has 0 aliphatic carbocycles. The van der Waals surface area contributed by atoms with Crippen molar-refractivity contribution in [3.8, 4) is 11.8 Å². The number of nitro groups is 1. The van der Waals surface area contributed by atoms with Crippen molar-refractivity contribution >= 4 is 5.69 Å². The van der Waals surface area contributed by atoms with Gasteiger partial charge in [0.05, 0.1) is 17.6 Å². The first-order chi connectivity index (χ1) is 9.93. The van der Waals surface area contributed by atoms with Crippen LogP contribution in [0.25, 0.3) is 0 Å². The lowest BCUT2D eigenvalue weighted by atomic mass is 10.0. The number of nitriles is 1. The second kappa shape index (κ2) is 7.55. The summed E-state index contributed by atoms with van der Waals surface area (Å²) >= 11 is 0. The molecule has 1 N–H and O–H groups in total. The Morgan fingerprint density at radius 1 is 1.57 bits per heavy atom. The molecule has 0 fully saturated rings. The second-order valence-corrected chi connectivity index (χ2v) is 4.81. The number of halogens is 1. The maximum Gasteiger partial charge on any atom is 0.314 e. The van der Waals surface area contributed by atoms with Crippen LogP contribution in [-0.4, -0.2) is 23.6 Å². The van der Waals surface area contributed by atoms with Gasteiger partial charge in [-0.05, 0) is 26.0 Å². The fourth-order valence-corrected chi connectivity index (χ4v) is 1.73. The van der Waals surface area contributed by atoms with Crippen LogP contribution in [0, 0.1) is 27.3 Å². The molecule has 1 aromatic rings. The Labute approximate surface area is 122 Å². The summed E-state index contributed by atoms with van der Waals surface area (Å²) in [6, 6.07) is 5.66. The van der Waals surface area contributed by atoms with Crippen molar-refractivity contribution in [2.45, 2.75) is 32.2 Å². The minimum absolute atomic E-state index is 0.00253. The monoisotopic (exact) mass is 295 g/mol. The van der Waals surface area contributed by atoms with Crippen molar-refractivity contribution in [2.24, 2.45) is 0 Å². The maximum absolute atomic E-state index is 13.6. The number of benzene rings is 1. The van der Waals surface area contributed by atoms with Gasteiger partial charge in [-0.1, -0.05) is 13.0 Å². The van der Waals surface area contributed by atoms with Gasteiger partial charge in [-0.2, -0.15) is 5.26 Å². The molecule has 0 aliphatic rings. The van der Waals surface area contributed by atoms with E-state index in [9.17, 15) is 14.5 Å². The van der Waals surface area contributed by atoms with Crippen LogP contribution in [0.15, 0.2) is 18.2 Å². The average Bonchev–Trinajstić information content (AvgIpc) is 2.46. The highest BCUT2D eigenvalue weighted by atomic mass is 19.1. The molecular formula is C14H18FN3O3. The van der Waals surface area contributed by atoms with Gasteiger partial charge in [0.25, 0.3) is 0 Å². The van der Waals surface area contributed by atoms with Crippen LogP contribution >= 0.6 is 0 Å². The number of hydrogen-bond donors (Lipinski definition) is 1. The van der Waals surface area contributed by atoms with Crippen LogP contribution in [0.5, 0.6) is 5.75 Å². The molecule has 21 heavy (non-hydrogen) atoms. The molecule has 0 heterocycles. The van der Waals surface area contributed by atoms with E-state index in [1.54, 1.807) is 6.92 Å². The number of nitrogens with one attached hydrogen (secondary N) is 1. The first-order valence-corrected chi connectivity index (χ1v) is 6.65. The van der Waals surface area contributed by atoms with Crippen molar-refractivity contribution < 1.29 is 14.1 Å². The third-order valence-electron chi connectivity index (χ3n) is 3.00. The molecule has 1 rings (SSSR count). The first-order valence-electron chi connectivity index (χ1n) is 6.65. The van der Waals surface area contributed by atoms with Crippen molar-refractivity contribution in [3.05, 3.63) is 34.1 Å². The van der Waals surface area contributed by atoms with E-state index in [0.29, 0.717) is 6.54 Å². The molecule has 0 radical (unpaired) electrons. The molecule has 0 saturated carbocycles. The summed E-state index contributed by atoms with van der Waals surface area (Å²) in [7, 11) is 0. The van der Waals surface area contributed by atoms with Gasteiger partial charge < -0.3 is 4.74 Å². The maximum atomic E-state index is 13.6. The number of rotatable bonds is 8. The summed E-state index contributed by atoms with van der Waals surface area (Å²) in [4.78, 5) is 10.1. The molecule has 1 aromatic carbocycles. The quantitative estimate of drug-likeness (QED) is 0.588. The molecule has 0 bridgehead atoms. The number of para-hydroxylation sites is 1. The second-order valence-electron chi connectivity index (χ2n) is 4.81. The van der Waals surface area contributed by atoms with Gasteiger partial charge in [-0.25, -0.2) is 4.39 Å². The summed E-state index contributed by atoms with van der Waals surface area (Å²) < 4.78 is 18.8. The Kier molecular flexibility index (Phi) is 6.06. The molecule has 114 valence electrons. The van der Waals surface area contributed by atoms with E-state index in [1.165, 1.54) is 12.1 Å². The summed E-state index contributed by atoms with van der Waals surface area (Å²) in [6.07, 6.45) is 1.16. The van der Waals surface area contributed by atoms with Gasteiger partial charge in [0.2, 0.25) is 5.75 Å². The van der Waals surface area contributed by atoms with Gasteiger partial charge >= 0.3 is 5.69 Å². The van der Waals surface area contributed by atoms with E-state index < -0.39 is 27.7 Å². The molecule has 0 saturated heterocycles. The predicted octanol–water partition coefficient (Wildman–Crippen LogP) is 2.78. The summed E-state index contributed by atoms with van der Waals surface area (Å²) in [6.45, 7) is 4.36. The van der Waals surface area contributed by atoms with E-state index in [0.717, 1.165) is 12.5 Å². The van der Waals surface area contributed by atoms with Crippen LogP contribution in [0.3, 0.4) is 0 Å². The van der Waals surface area contributed by atoms with E-state index in [2.05, 4.69) is 11.4 Å². The third kappa shape index (κ3) is 4.68. The topological polar surface area (TPSA) is 88.2 Å². The van der Waals surface area contributed by atoms with Gasteiger partial charge in [0.1, 0.15) is 5.54 Å². The first kappa shape index (κ1) is 16.9. The van der Waals surface area contributed by atoms with Crippen LogP contribution in [0.4, 0.5) is 10.1 Å². The van der Waals surface area contributed by atoms with Gasteiger partial charge in [0.15, 0.2) is 5.82 Å². The molecule has 7 heteroatoms. The lowest BCUT2D eigenvalue weighted by Crippen LogP contribution is -2.42. The van der Waals surface area contributed by atoms with Crippen LogP contribution < -0.4 is 10.1 Å². The smallest absolute Gasteiger partial charge is 0.314 e. The Morgan fingerprint density at radius 3 is 2.86 bits per heavy atom. The van der Waals surface area contributed by atoms with Gasteiger partial charge in [-0.15, -0.1) is 0 Å². The predicted molar refractivity (Wildman–Crippen MR) is 75.5 cm³/mol. The zero-order chi connectivity index (χ0) is 15.9. The minimum atomic E-state index is -0.809. The van der Waals surface area contributed by atoms with E-state index >= 15 is 0 Å². The molecule has 0 aliphatic heterocycles. The fraction of sp³-hybridized carbons (Fsp3) is 0.500. The highest BCUT2D eigenvalue weighted by molar-refractivity contribution is 5.46. The highest BCUT2D eigenvalue weighted by Gasteiger charge is 2.24. The van der Waals surface area contributed by atoms with Gasteiger partial charge in [-0.3, -0.25) is 15.4 Å². The molecule has 1 unspecified atom stereocenters. The summed E-state index contributed by atoms with van der Waals surface area (Å²) in [5.41, 5.74) is -1.23. The largest absolute Gasteiger partial charge is 0.485 e. The Morgan fingerprint density at radius 2 is 2.29 bits per heavy atom. The average molecular weight is 295 g/mol. The van der Waals surface area contributed by atoms with Crippen molar-refractivity contribution in [3.63, 3.8) is 0 Å². The number of ether oxygens (including phenoxy) is 1. The van der Waals surface area contributed by atoms with Crippen molar-refractivity contribution in [2.75, 3.05) is 13.2 Å². The van der Waals surface area contributed by atoms with Crippen LogP contribution in [0.2, 0.25) is 0 Å². The lowest BCUT2D eigenvalue weighted by molar-refractivity contribution is -0.386. The molecule has 0 amide bonds. The van der Waals surface area contributed by atoms with E-state index in [4.69, 9.17) is 10.00 Å². The zero-order valence-corrected chi connectivity index (χ0v) is 12.1. The molecule has 1 atom stereocenters. The van der Waals surface area contributed by atoms with E-state index in [-0.39, 0.29) is 13.0 Å². The van der Waals surface area contributed by atoms with E-state index in [1.807, 2.05) is 6.92 Å². The van der Waals surface area contributed by atoms with Crippen molar-refractivity contribution in [1.29, 1.82) is 5.26 Å². The minimum Gasteiger partial charge on any atom is -0.485 e. The zero-order valence-electron chi connectivity index (χ0n) is 12.1. The Hall–Kier alpha value is -2.20. The highest BCUT2D eigenvalue weighted by Crippen LogP contribution is 2.29. The standard InChI is InChI=1S/C14H18FN3O3/c1-3-8-17-14(2,10-16)7-9-21-13-11(15)5-4-6-12(13)18(19)20/h4-6,17H,3,7-9H2,1-2H3. The molecular weight excluding hydrogens is 277 g/mol. The fourth-order valence-electron chi connectivity index (χ4n) is 1.73.